The van der Waals surface area contributed by atoms with Crippen molar-refractivity contribution in [2.45, 2.75) is 13.1 Å². The van der Waals surface area contributed by atoms with Crippen molar-refractivity contribution in [1.82, 2.24) is 14.7 Å². The molecule has 0 fully saturated rings. The third-order valence-corrected chi connectivity index (χ3v) is 3.37. The molecule has 5 heteroatoms. The van der Waals surface area contributed by atoms with E-state index in [0.717, 1.165) is 23.5 Å². The summed E-state index contributed by atoms with van der Waals surface area (Å²) in [7, 11) is 2.00. The highest BCUT2D eigenvalue weighted by atomic mass is 35.5. The summed E-state index contributed by atoms with van der Waals surface area (Å²) in [5, 5.41) is 3.48. The average molecular weight is 250 g/mol. The maximum atomic E-state index is 11.8. The summed E-state index contributed by atoms with van der Waals surface area (Å²) in [6.45, 7) is 1.46. The Labute approximate surface area is 103 Å². The van der Waals surface area contributed by atoms with E-state index in [1.807, 2.05) is 31.3 Å². The molecule has 1 aromatic heterocycles. The van der Waals surface area contributed by atoms with Crippen LogP contribution in [-0.2, 0) is 13.1 Å². The number of H-pyrrole nitrogens is 1. The SMILES string of the molecule is CN1Cc2c(n(-c3ccccc3Cl)[nH]c2=O)C1. The smallest absolute Gasteiger partial charge is 0.269 e. The molecule has 0 unspecified atom stereocenters. The molecule has 0 saturated carbocycles. The first-order chi connectivity index (χ1) is 8.16. The van der Waals surface area contributed by atoms with E-state index in [9.17, 15) is 4.79 Å². The second kappa shape index (κ2) is 3.75. The molecule has 0 saturated heterocycles. The second-order valence-corrected chi connectivity index (χ2v) is 4.73. The van der Waals surface area contributed by atoms with Crippen molar-refractivity contribution < 1.29 is 0 Å². The number of nitrogens with zero attached hydrogens (tertiary/aromatic N) is 2. The van der Waals surface area contributed by atoms with E-state index in [1.165, 1.54) is 0 Å². The van der Waals surface area contributed by atoms with E-state index in [0.29, 0.717) is 11.6 Å². The van der Waals surface area contributed by atoms with Gasteiger partial charge < -0.3 is 0 Å². The molecule has 17 heavy (non-hydrogen) atoms. The standard InChI is InChI=1S/C12H12ClN3O/c1-15-6-8-11(7-15)16(14-12(8)17)10-5-3-2-4-9(10)13/h2-5H,6-7H2,1H3,(H,14,17). The Kier molecular flexibility index (Phi) is 2.34. The molecular formula is C12H12ClN3O. The van der Waals surface area contributed by atoms with E-state index in [1.54, 1.807) is 4.68 Å². The van der Waals surface area contributed by atoms with Gasteiger partial charge in [-0.1, -0.05) is 23.7 Å². The minimum atomic E-state index is -0.0238. The number of hydrogen-bond acceptors (Lipinski definition) is 2. The molecule has 1 aromatic carbocycles. The lowest BCUT2D eigenvalue weighted by Crippen LogP contribution is -2.16. The van der Waals surface area contributed by atoms with Crippen LogP contribution in [0.25, 0.3) is 5.69 Å². The first kappa shape index (κ1) is 10.6. The lowest BCUT2D eigenvalue weighted by Gasteiger charge is -2.10. The zero-order chi connectivity index (χ0) is 12.0. The molecule has 0 radical (unpaired) electrons. The molecule has 1 aliphatic rings. The molecule has 2 aromatic rings. The zero-order valence-corrected chi connectivity index (χ0v) is 10.2. The third kappa shape index (κ3) is 1.61. The highest BCUT2D eigenvalue weighted by molar-refractivity contribution is 6.32. The number of para-hydroxylation sites is 1. The Morgan fingerprint density at radius 1 is 1.29 bits per heavy atom. The van der Waals surface area contributed by atoms with Crippen LogP contribution in [0.1, 0.15) is 11.3 Å². The van der Waals surface area contributed by atoms with E-state index < -0.39 is 0 Å². The largest absolute Gasteiger partial charge is 0.296 e. The van der Waals surface area contributed by atoms with Crippen LogP contribution in [0.5, 0.6) is 0 Å². The van der Waals surface area contributed by atoms with Crippen molar-refractivity contribution in [3.63, 3.8) is 0 Å². The molecule has 0 bridgehead atoms. The lowest BCUT2D eigenvalue weighted by atomic mass is 10.2. The van der Waals surface area contributed by atoms with Gasteiger partial charge in [-0.15, -0.1) is 0 Å². The number of aromatic nitrogens is 2. The minimum absolute atomic E-state index is 0.0238. The Balaban J connectivity index is 2.21. The fraction of sp³-hybridized carbons (Fsp3) is 0.250. The van der Waals surface area contributed by atoms with Gasteiger partial charge >= 0.3 is 0 Å². The zero-order valence-electron chi connectivity index (χ0n) is 9.40. The quantitative estimate of drug-likeness (QED) is 0.837. The fourth-order valence-corrected chi connectivity index (χ4v) is 2.47. The van der Waals surface area contributed by atoms with Gasteiger partial charge in [0.15, 0.2) is 0 Å². The second-order valence-electron chi connectivity index (χ2n) is 4.33. The normalized spacial score (nSPS) is 15.2. The summed E-state index contributed by atoms with van der Waals surface area (Å²) < 4.78 is 1.80. The van der Waals surface area contributed by atoms with Crippen LogP contribution in [0, 0.1) is 0 Å². The first-order valence-corrected chi connectivity index (χ1v) is 5.81. The summed E-state index contributed by atoms with van der Waals surface area (Å²) in [6, 6.07) is 7.50. The van der Waals surface area contributed by atoms with Gasteiger partial charge in [0.05, 0.1) is 22.0 Å². The van der Waals surface area contributed by atoms with E-state index in [4.69, 9.17) is 11.6 Å². The van der Waals surface area contributed by atoms with Gasteiger partial charge in [0.25, 0.3) is 5.56 Å². The van der Waals surface area contributed by atoms with Gasteiger partial charge in [0.1, 0.15) is 0 Å². The Morgan fingerprint density at radius 2 is 2.06 bits per heavy atom. The molecule has 0 spiro atoms. The van der Waals surface area contributed by atoms with E-state index in [-0.39, 0.29) is 5.56 Å². The fourth-order valence-electron chi connectivity index (χ4n) is 2.25. The number of aromatic amines is 1. The van der Waals surface area contributed by atoms with Crippen LogP contribution in [0.2, 0.25) is 5.02 Å². The van der Waals surface area contributed by atoms with Crippen molar-refractivity contribution in [2.75, 3.05) is 7.05 Å². The molecule has 0 aliphatic carbocycles. The van der Waals surface area contributed by atoms with Gasteiger partial charge in [0, 0.05) is 13.1 Å². The number of benzene rings is 1. The molecule has 4 nitrogen and oxygen atoms in total. The minimum Gasteiger partial charge on any atom is -0.296 e. The van der Waals surface area contributed by atoms with Gasteiger partial charge in [-0.2, -0.15) is 0 Å². The number of nitrogens with one attached hydrogen (secondary N) is 1. The van der Waals surface area contributed by atoms with Gasteiger partial charge in [-0.3, -0.25) is 19.5 Å². The Morgan fingerprint density at radius 3 is 2.82 bits per heavy atom. The maximum absolute atomic E-state index is 11.8. The molecule has 0 amide bonds. The van der Waals surface area contributed by atoms with Crippen molar-refractivity contribution in [1.29, 1.82) is 0 Å². The number of halogens is 1. The number of rotatable bonds is 1. The molecule has 1 aliphatic heterocycles. The van der Waals surface area contributed by atoms with Gasteiger partial charge in [-0.05, 0) is 19.2 Å². The Hall–Kier alpha value is -1.52. The number of hydrogen-bond donors (Lipinski definition) is 1. The first-order valence-electron chi connectivity index (χ1n) is 5.43. The van der Waals surface area contributed by atoms with E-state index in [2.05, 4.69) is 10.00 Å². The maximum Gasteiger partial charge on any atom is 0.269 e. The van der Waals surface area contributed by atoms with Crippen LogP contribution in [0.4, 0.5) is 0 Å². The van der Waals surface area contributed by atoms with Crippen LogP contribution in [-0.4, -0.2) is 21.7 Å². The highest BCUT2D eigenvalue weighted by Crippen LogP contribution is 2.25. The Bertz CT molecular complexity index is 629. The van der Waals surface area contributed by atoms with Crippen LogP contribution < -0.4 is 5.56 Å². The van der Waals surface area contributed by atoms with Crippen LogP contribution in [0.3, 0.4) is 0 Å². The summed E-state index contributed by atoms with van der Waals surface area (Å²) >= 11 is 6.15. The highest BCUT2D eigenvalue weighted by Gasteiger charge is 2.24. The van der Waals surface area contributed by atoms with Gasteiger partial charge in [0.2, 0.25) is 0 Å². The number of fused-ring (bicyclic) bond motifs is 1. The molecule has 3 rings (SSSR count). The van der Waals surface area contributed by atoms with Crippen molar-refractivity contribution >= 4 is 11.6 Å². The van der Waals surface area contributed by atoms with Gasteiger partial charge in [-0.25, -0.2) is 0 Å². The predicted molar refractivity (Wildman–Crippen MR) is 66.6 cm³/mol. The van der Waals surface area contributed by atoms with Crippen LogP contribution >= 0.6 is 11.6 Å². The topological polar surface area (TPSA) is 41.0 Å². The molecule has 0 atom stereocenters. The molecule has 1 N–H and O–H groups in total. The van der Waals surface area contributed by atoms with Crippen molar-refractivity contribution in [3.8, 4) is 5.69 Å². The lowest BCUT2D eigenvalue weighted by molar-refractivity contribution is 0.345. The summed E-state index contributed by atoms with van der Waals surface area (Å²) in [5.41, 5.74) is 2.64. The molecule has 88 valence electrons. The van der Waals surface area contributed by atoms with E-state index >= 15 is 0 Å². The monoisotopic (exact) mass is 249 g/mol. The summed E-state index contributed by atoms with van der Waals surface area (Å²) in [5.74, 6) is 0. The molecule has 2 heterocycles. The van der Waals surface area contributed by atoms with Crippen molar-refractivity contribution in [2.24, 2.45) is 0 Å². The summed E-state index contributed by atoms with van der Waals surface area (Å²) in [4.78, 5) is 13.9. The third-order valence-electron chi connectivity index (χ3n) is 3.05. The average Bonchev–Trinajstić information content (AvgIpc) is 2.80. The predicted octanol–water partition coefficient (Wildman–Crippen LogP) is 1.76. The van der Waals surface area contributed by atoms with Crippen LogP contribution in [0.15, 0.2) is 29.1 Å². The molecular weight excluding hydrogens is 238 g/mol. The van der Waals surface area contributed by atoms with Crippen molar-refractivity contribution in [3.05, 3.63) is 50.9 Å². The summed E-state index contributed by atoms with van der Waals surface area (Å²) in [6.07, 6.45) is 0.